The molecule has 5 nitrogen and oxygen atoms in total. The van der Waals surface area contributed by atoms with Crippen molar-refractivity contribution < 1.29 is 9.47 Å². The Morgan fingerprint density at radius 1 is 1.56 bits per heavy atom. The van der Waals surface area contributed by atoms with Crippen LogP contribution in [0.4, 0.5) is 5.95 Å². The molecule has 96 valence electrons. The van der Waals surface area contributed by atoms with Crippen molar-refractivity contribution in [3.05, 3.63) is 11.4 Å². The van der Waals surface area contributed by atoms with Crippen LogP contribution in [0.25, 0.3) is 10.2 Å². The van der Waals surface area contributed by atoms with Gasteiger partial charge in [0.2, 0.25) is 11.8 Å². The molecule has 1 fully saturated rings. The van der Waals surface area contributed by atoms with E-state index in [2.05, 4.69) is 15.3 Å². The second-order valence-electron chi connectivity index (χ2n) is 4.19. The summed E-state index contributed by atoms with van der Waals surface area (Å²) in [4.78, 5) is 9.68. The standard InChI is InChI=1S/C12H15N3O2S/c1-13-12-14-10(9-4-6-18-11(9)15-12)17-7-8-3-2-5-16-8/h4,6,8H,2-3,5,7H2,1H3,(H,13,14,15). The molecule has 0 bridgehead atoms. The van der Waals surface area contributed by atoms with Crippen LogP contribution in [0.15, 0.2) is 11.4 Å². The second-order valence-corrected chi connectivity index (χ2v) is 5.08. The number of rotatable bonds is 4. The third-order valence-corrected chi connectivity index (χ3v) is 3.75. The molecule has 2 aromatic rings. The average molecular weight is 265 g/mol. The molecule has 0 aliphatic carbocycles. The van der Waals surface area contributed by atoms with Crippen LogP contribution in [-0.2, 0) is 4.74 Å². The molecule has 18 heavy (non-hydrogen) atoms. The summed E-state index contributed by atoms with van der Waals surface area (Å²) in [6, 6.07) is 1.99. The lowest BCUT2D eigenvalue weighted by Crippen LogP contribution is -2.17. The van der Waals surface area contributed by atoms with Gasteiger partial charge in [0.05, 0.1) is 11.5 Å². The lowest BCUT2D eigenvalue weighted by molar-refractivity contribution is 0.0669. The van der Waals surface area contributed by atoms with Crippen LogP contribution in [0.2, 0.25) is 0 Å². The summed E-state index contributed by atoms with van der Waals surface area (Å²) >= 11 is 1.59. The van der Waals surface area contributed by atoms with Gasteiger partial charge in [0.15, 0.2) is 0 Å². The van der Waals surface area contributed by atoms with E-state index >= 15 is 0 Å². The lowest BCUT2D eigenvalue weighted by Gasteiger charge is -2.12. The van der Waals surface area contributed by atoms with E-state index in [1.165, 1.54) is 0 Å². The zero-order chi connectivity index (χ0) is 12.4. The van der Waals surface area contributed by atoms with Gasteiger partial charge in [-0.15, -0.1) is 11.3 Å². The number of ether oxygens (including phenoxy) is 2. The second kappa shape index (κ2) is 5.07. The summed E-state index contributed by atoms with van der Waals surface area (Å²) in [5.74, 6) is 1.23. The summed E-state index contributed by atoms with van der Waals surface area (Å²) in [5.41, 5.74) is 0. The first-order valence-corrected chi connectivity index (χ1v) is 6.92. The predicted molar refractivity (Wildman–Crippen MR) is 71.4 cm³/mol. The van der Waals surface area contributed by atoms with Gasteiger partial charge in [-0.05, 0) is 24.3 Å². The van der Waals surface area contributed by atoms with Crippen LogP contribution in [0.5, 0.6) is 5.88 Å². The molecule has 0 radical (unpaired) electrons. The molecule has 1 atom stereocenters. The Morgan fingerprint density at radius 2 is 2.50 bits per heavy atom. The molecule has 1 saturated heterocycles. The highest BCUT2D eigenvalue weighted by Gasteiger charge is 2.17. The van der Waals surface area contributed by atoms with Crippen molar-refractivity contribution in [1.82, 2.24) is 9.97 Å². The minimum Gasteiger partial charge on any atom is -0.474 e. The minimum atomic E-state index is 0.201. The molecular formula is C12H15N3O2S. The van der Waals surface area contributed by atoms with Crippen molar-refractivity contribution in [3.63, 3.8) is 0 Å². The molecule has 2 aromatic heterocycles. The summed E-state index contributed by atoms with van der Waals surface area (Å²) in [5, 5.41) is 5.92. The molecule has 1 aliphatic heterocycles. The van der Waals surface area contributed by atoms with Crippen molar-refractivity contribution >= 4 is 27.5 Å². The highest BCUT2D eigenvalue weighted by atomic mass is 32.1. The van der Waals surface area contributed by atoms with E-state index < -0.39 is 0 Å². The van der Waals surface area contributed by atoms with Crippen molar-refractivity contribution in [2.24, 2.45) is 0 Å². The van der Waals surface area contributed by atoms with Gasteiger partial charge in [0, 0.05) is 13.7 Å². The molecule has 3 heterocycles. The number of anilines is 1. The molecule has 6 heteroatoms. The van der Waals surface area contributed by atoms with Gasteiger partial charge < -0.3 is 14.8 Å². The van der Waals surface area contributed by atoms with E-state index in [1.54, 1.807) is 18.4 Å². The number of nitrogens with zero attached hydrogens (tertiary/aromatic N) is 2. The third kappa shape index (κ3) is 2.26. The van der Waals surface area contributed by atoms with Crippen LogP contribution in [-0.4, -0.2) is 36.3 Å². The first-order chi connectivity index (χ1) is 8.86. The summed E-state index contributed by atoms with van der Waals surface area (Å²) in [6.07, 6.45) is 2.39. The molecule has 0 amide bonds. The van der Waals surface area contributed by atoms with Crippen molar-refractivity contribution in [3.8, 4) is 5.88 Å². The first-order valence-electron chi connectivity index (χ1n) is 6.04. The van der Waals surface area contributed by atoms with E-state index in [0.717, 1.165) is 29.7 Å². The molecule has 1 unspecified atom stereocenters. The van der Waals surface area contributed by atoms with Gasteiger partial charge in [-0.25, -0.2) is 4.98 Å². The highest BCUT2D eigenvalue weighted by molar-refractivity contribution is 7.16. The van der Waals surface area contributed by atoms with Crippen LogP contribution in [0, 0.1) is 0 Å². The Hall–Kier alpha value is -1.40. The molecule has 1 aliphatic rings. The van der Waals surface area contributed by atoms with Crippen molar-refractivity contribution in [1.29, 1.82) is 0 Å². The van der Waals surface area contributed by atoms with Crippen LogP contribution in [0.1, 0.15) is 12.8 Å². The lowest BCUT2D eigenvalue weighted by atomic mass is 10.2. The van der Waals surface area contributed by atoms with Crippen LogP contribution >= 0.6 is 11.3 Å². The zero-order valence-corrected chi connectivity index (χ0v) is 11.0. The van der Waals surface area contributed by atoms with Crippen LogP contribution < -0.4 is 10.1 Å². The van der Waals surface area contributed by atoms with Crippen LogP contribution in [0.3, 0.4) is 0 Å². The average Bonchev–Trinajstić information content (AvgIpc) is 3.06. The number of thiophene rings is 1. The molecule has 0 saturated carbocycles. The number of hydrogen-bond acceptors (Lipinski definition) is 6. The smallest absolute Gasteiger partial charge is 0.227 e. The van der Waals surface area contributed by atoms with Gasteiger partial charge >= 0.3 is 0 Å². The fraction of sp³-hybridized carbons (Fsp3) is 0.500. The van der Waals surface area contributed by atoms with Gasteiger partial charge in [-0.3, -0.25) is 0 Å². The Bertz CT molecular complexity index is 537. The molecule has 1 N–H and O–H groups in total. The Kier molecular flexibility index (Phi) is 3.29. The van der Waals surface area contributed by atoms with E-state index in [4.69, 9.17) is 9.47 Å². The first kappa shape index (κ1) is 11.7. The van der Waals surface area contributed by atoms with Crippen molar-refractivity contribution in [2.75, 3.05) is 25.6 Å². The van der Waals surface area contributed by atoms with E-state index in [1.807, 2.05) is 11.4 Å². The van der Waals surface area contributed by atoms with E-state index in [-0.39, 0.29) is 6.10 Å². The van der Waals surface area contributed by atoms with E-state index in [0.29, 0.717) is 18.4 Å². The highest BCUT2D eigenvalue weighted by Crippen LogP contribution is 2.28. The zero-order valence-electron chi connectivity index (χ0n) is 10.2. The quantitative estimate of drug-likeness (QED) is 0.919. The largest absolute Gasteiger partial charge is 0.474 e. The monoisotopic (exact) mass is 265 g/mol. The Labute approximate surface area is 109 Å². The van der Waals surface area contributed by atoms with Gasteiger partial charge in [-0.1, -0.05) is 0 Å². The maximum atomic E-state index is 5.79. The van der Waals surface area contributed by atoms with Gasteiger partial charge in [0.25, 0.3) is 0 Å². The van der Waals surface area contributed by atoms with Gasteiger partial charge in [0.1, 0.15) is 11.4 Å². The summed E-state index contributed by atoms with van der Waals surface area (Å²) < 4.78 is 11.3. The SMILES string of the molecule is CNc1nc(OCC2CCCO2)c2ccsc2n1. The molecule has 0 aromatic carbocycles. The van der Waals surface area contributed by atoms with Gasteiger partial charge in [-0.2, -0.15) is 4.98 Å². The predicted octanol–water partition coefficient (Wildman–Crippen LogP) is 2.29. The number of hydrogen-bond donors (Lipinski definition) is 1. The number of fused-ring (bicyclic) bond motifs is 1. The number of nitrogens with one attached hydrogen (secondary N) is 1. The summed E-state index contributed by atoms with van der Waals surface area (Å²) in [7, 11) is 1.80. The fourth-order valence-corrected chi connectivity index (χ4v) is 2.75. The third-order valence-electron chi connectivity index (χ3n) is 2.94. The number of aromatic nitrogens is 2. The molecule has 0 spiro atoms. The van der Waals surface area contributed by atoms with E-state index in [9.17, 15) is 0 Å². The fourth-order valence-electron chi connectivity index (χ4n) is 2.00. The normalized spacial score (nSPS) is 19.3. The topological polar surface area (TPSA) is 56.3 Å². The van der Waals surface area contributed by atoms with Crippen molar-refractivity contribution in [2.45, 2.75) is 18.9 Å². The Balaban J connectivity index is 1.82. The maximum absolute atomic E-state index is 5.79. The minimum absolute atomic E-state index is 0.201. The Morgan fingerprint density at radius 3 is 3.28 bits per heavy atom. The molecular weight excluding hydrogens is 250 g/mol. The molecule has 3 rings (SSSR count). The maximum Gasteiger partial charge on any atom is 0.227 e. The summed E-state index contributed by atoms with van der Waals surface area (Å²) in [6.45, 7) is 1.40.